The van der Waals surface area contributed by atoms with Crippen molar-refractivity contribution in [3.8, 4) is 0 Å². The summed E-state index contributed by atoms with van der Waals surface area (Å²) in [6, 6.07) is -0.375. The molecule has 2 aliphatic rings. The lowest BCUT2D eigenvalue weighted by molar-refractivity contribution is -0.151. The van der Waals surface area contributed by atoms with E-state index in [-0.39, 0.29) is 25.3 Å². The van der Waals surface area contributed by atoms with Crippen LogP contribution in [-0.2, 0) is 28.7 Å². The molecule has 2 aliphatic heterocycles. The van der Waals surface area contributed by atoms with Crippen LogP contribution in [0, 0.1) is 0 Å². The summed E-state index contributed by atoms with van der Waals surface area (Å²) in [5, 5.41) is 0. The van der Waals surface area contributed by atoms with Gasteiger partial charge < -0.3 is 19.3 Å². The van der Waals surface area contributed by atoms with Crippen molar-refractivity contribution >= 4 is 23.8 Å². The van der Waals surface area contributed by atoms with E-state index in [9.17, 15) is 19.2 Å². The van der Waals surface area contributed by atoms with Crippen molar-refractivity contribution in [2.75, 3.05) is 27.3 Å². The molecule has 26 heavy (non-hydrogen) atoms. The predicted octanol–water partition coefficient (Wildman–Crippen LogP) is 1.49. The van der Waals surface area contributed by atoms with Crippen LogP contribution in [-0.4, -0.2) is 66.9 Å². The molecule has 148 valence electrons. The van der Waals surface area contributed by atoms with Crippen LogP contribution in [0.4, 0.5) is 0 Å². The first-order valence-electron chi connectivity index (χ1n) is 8.83. The van der Waals surface area contributed by atoms with Crippen LogP contribution in [0.1, 0.15) is 47.4 Å². The van der Waals surface area contributed by atoms with Crippen molar-refractivity contribution < 1.29 is 30.1 Å². The number of esters is 2. The van der Waals surface area contributed by atoms with Crippen molar-refractivity contribution in [2.45, 2.75) is 52.0 Å². The first-order chi connectivity index (χ1) is 12.4. The highest BCUT2D eigenvalue weighted by molar-refractivity contribution is 5.94. The number of amides is 2. The molecule has 2 rings (SSSR count). The lowest BCUT2D eigenvalue weighted by Crippen LogP contribution is -2.42. The summed E-state index contributed by atoms with van der Waals surface area (Å²) in [7, 11) is 2.66. The van der Waals surface area contributed by atoms with Gasteiger partial charge in [-0.05, 0) is 26.2 Å². The van der Waals surface area contributed by atoms with Crippen molar-refractivity contribution in [2.24, 2.45) is 0 Å². The van der Waals surface area contributed by atoms with Crippen LogP contribution >= 0.6 is 0 Å². The Balaban J connectivity index is 0.000000483. The Morgan fingerprint density at radius 3 is 2.12 bits per heavy atom. The SMILES string of the molecule is CC=C(C(=O)OC)N1CCCC1=O.CC[C@@H](C(=O)OC)N1CCCC1=O.[HH]. The van der Waals surface area contributed by atoms with E-state index in [1.54, 1.807) is 17.9 Å². The van der Waals surface area contributed by atoms with Crippen molar-refractivity contribution in [1.29, 1.82) is 0 Å². The first kappa shape index (κ1) is 21.7. The molecule has 0 bridgehead atoms. The summed E-state index contributed by atoms with van der Waals surface area (Å²) in [5.74, 6) is -0.689. The Kier molecular flexibility index (Phi) is 8.81. The molecule has 0 saturated carbocycles. The van der Waals surface area contributed by atoms with E-state index in [4.69, 9.17) is 0 Å². The topological polar surface area (TPSA) is 93.2 Å². The predicted molar refractivity (Wildman–Crippen MR) is 95.9 cm³/mol. The van der Waals surface area contributed by atoms with Gasteiger partial charge >= 0.3 is 11.9 Å². The number of carbonyl (C=O) groups is 4. The standard InChI is InChI=1S/C9H15NO3.C9H13NO3.H2/c2*1-3-7(9(12)13-2)10-6-4-5-8(10)11;/h7H,3-6H2,1-2H3;3H,4-6H2,1-2H3;1H/t7-;;/m0../s1. The van der Waals surface area contributed by atoms with Gasteiger partial charge in [-0.3, -0.25) is 9.59 Å². The molecule has 0 aromatic carbocycles. The summed E-state index contributed by atoms with van der Waals surface area (Å²) in [5.41, 5.74) is 0.352. The van der Waals surface area contributed by atoms with E-state index in [1.807, 2.05) is 6.92 Å². The maximum Gasteiger partial charge on any atom is 0.354 e. The fraction of sp³-hybridized carbons (Fsp3) is 0.667. The average Bonchev–Trinajstić information content (AvgIpc) is 3.25. The largest absolute Gasteiger partial charge is 0.467 e. The zero-order valence-electron chi connectivity index (χ0n) is 15.9. The lowest BCUT2D eigenvalue weighted by Gasteiger charge is -2.23. The number of ether oxygens (including phenoxy) is 2. The highest BCUT2D eigenvalue weighted by Crippen LogP contribution is 2.17. The maximum absolute atomic E-state index is 11.3. The van der Waals surface area contributed by atoms with E-state index in [0.717, 1.165) is 12.8 Å². The minimum atomic E-state index is -0.447. The zero-order valence-corrected chi connectivity index (χ0v) is 15.9. The van der Waals surface area contributed by atoms with Gasteiger partial charge in [0.2, 0.25) is 11.8 Å². The second-order valence-electron chi connectivity index (χ2n) is 5.95. The molecular weight excluding hydrogens is 340 g/mol. The highest BCUT2D eigenvalue weighted by atomic mass is 16.5. The summed E-state index contributed by atoms with van der Waals surface area (Å²) in [6.45, 7) is 4.91. The molecule has 0 aliphatic carbocycles. The smallest absolute Gasteiger partial charge is 0.354 e. The van der Waals surface area contributed by atoms with Crippen LogP contribution < -0.4 is 0 Å². The van der Waals surface area contributed by atoms with Gasteiger partial charge in [-0.2, -0.15) is 0 Å². The Morgan fingerprint density at radius 1 is 1.12 bits per heavy atom. The monoisotopic (exact) mass is 370 g/mol. The van der Waals surface area contributed by atoms with Crippen molar-refractivity contribution in [3.05, 3.63) is 11.8 Å². The fourth-order valence-electron chi connectivity index (χ4n) is 3.04. The molecule has 0 N–H and O–H groups in total. The second kappa shape index (κ2) is 10.6. The third-order valence-electron chi connectivity index (χ3n) is 4.38. The molecule has 2 saturated heterocycles. The van der Waals surface area contributed by atoms with E-state index < -0.39 is 5.97 Å². The fourth-order valence-corrected chi connectivity index (χ4v) is 3.04. The summed E-state index contributed by atoms with van der Waals surface area (Å²) < 4.78 is 9.19. The van der Waals surface area contributed by atoms with E-state index in [2.05, 4.69) is 9.47 Å². The van der Waals surface area contributed by atoms with Gasteiger partial charge in [-0.25, -0.2) is 9.59 Å². The van der Waals surface area contributed by atoms with Crippen LogP contribution in [0.3, 0.4) is 0 Å². The number of carbonyl (C=O) groups excluding carboxylic acids is 4. The Morgan fingerprint density at radius 2 is 1.73 bits per heavy atom. The molecule has 0 radical (unpaired) electrons. The Bertz CT molecular complexity index is 578. The van der Waals surface area contributed by atoms with Gasteiger partial charge in [-0.15, -0.1) is 0 Å². The lowest BCUT2D eigenvalue weighted by atomic mass is 10.2. The molecule has 0 aromatic heterocycles. The van der Waals surface area contributed by atoms with Gasteiger partial charge in [-0.1, -0.05) is 13.0 Å². The number of methoxy groups -OCH3 is 2. The number of hydrogen-bond acceptors (Lipinski definition) is 6. The van der Waals surface area contributed by atoms with E-state index >= 15 is 0 Å². The highest BCUT2D eigenvalue weighted by Gasteiger charge is 2.32. The number of nitrogens with zero attached hydrogens (tertiary/aromatic N) is 2. The molecule has 2 amide bonds. The molecule has 2 fully saturated rings. The number of rotatable bonds is 5. The zero-order chi connectivity index (χ0) is 19.7. The molecule has 1 atom stereocenters. The van der Waals surface area contributed by atoms with E-state index in [0.29, 0.717) is 38.0 Å². The minimum absolute atomic E-state index is 0. The molecule has 0 aromatic rings. The first-order valence-corrected chi connectivity index (χ1v) is 8.83. The van der Waals surface area contributed by atoms with Crippen molar-refractivity contribution in [1.82, 2.24) is 9.80 Å². The molecule has 8 nitrogen and oxygen atoms in total. The van der Waals surface area contributed by atoms with Crippen molar-refractivity contribution in [3.63, 3.8) is 0 Å². The molecule has 2 heterocycles. The third-order valence-corrected chi connectivity index (χ3v) is 4.38. The minimum Gasteiger partial charge on any atom is -0.467 e. The normalized spacial score (nSPS) is 18.4. The summed E-state index contributed by atoms with van der Waals surface area (Å²) in [6.07, 6.45) is 4.98. The Labute approximate surface area is 155 Å². The van der Waals surface area contributed by atoms with Crippen LogP contribution in [0.2, 0.25) is 0 Å². The number of allylic oxidation sites excluding steroid dienone is 1. The second-order valence-corrected chi connectivity index (χ2v) is 5.95. The summed E-state index contributed by atoms with van der Waals surface area (Å²) >= 11 is 0. The quantitative estimate of drug-likeness (QED) is 0.538. The van der Waals surface area contributed by atoms with Gasteiger partial charge in [0, 0.05) is 27.4 Å². The maximum atomic E-state index is 11.3. The molecule has 0 unspecified atom stereocenters. The van der Waals surface area contributed by atoms with E-state index in [1.165, 1.54) is 19.1 Å². The molecule has 8 heteroatoms. The van der Waals surface area contributed by atoms with Crippen LogP contribution in [0.15, 0.2) is 11.8 Å². The molecule has 0 spiro atoms. The molecular formula is C18H30N2O6. The third kappa shape index (κ3) is 5.31. The summed E-state index contributed by atoms with van der Waals surface area (Å²) in [4.78, 5) is 48.1. The Hall–Kier alpha value is -2.38. The number of likely N-dealkylation sites (tertiary alicyclic amines) is 2. The van der Waals surface area contributed by atoms with Gasteiger partial charge in [0.25, 0.3) is 0 Å². The average molecular weight is 370 g/mol. The number of hydrogen-bond donors (Lipinski definition) is 0. The van der Waals surface area contributed by atoms with Gasteiger partial charge in [0.05, 0.1) is 14.2 Å². The van der Waals surface area contributed by atoms with Crippen LogP contribution in [0.5, 0.6) is 0 Å². The van der Waals surface area contributed by atoms with Gasteiger partial charge in [0.15, 0.2) is 0 Å². The van der Waals surface area contributed by atoms with Gasteiger partial charge in [0.1, 0.15) is 11.7 Å². The van der Waals surface area contributed by atoms with Crippen LogP contribution in [0.25, 0.3) is 0 Å².